The highest BCUT2D eigenvalue weighted by Crippen LogP contribution is 2.13. The Morgan fingerprint density at radius 3 is 1.66 bits per heavy atom. The number of hydrogen-bond donors (Lipinski definition) is 0. The molecule has 0 aliphatic carbocycles. The van der Waals surface area contributed by atoms with Gasteiger partial charge in [-0.15, -0.1) is 0 Å². The maximum absolute atomic E-state index is 4.20. The van der Waals surface area contributed by atoms with Crippen LogP contribution < -0.4 is 4.57 Å². The number of hydrogen-bond acceptors (Lipinski definition) is 1. The summed E-state index contributed by atoms with van der Waals surface area (Å²) < 4.78 is 2.42. The third kappa shape index (κ3) is 17.0. The molecule has 2 nitrogen and oxygen atoms in total. The van der Waals surface area contributed by atoms with E-state index in [-0.39, 0.29) is 0 Å². The van der Waals surface area contributed by atoms with Crippen molar-refractivity contribution in [1.82, 2.24) is 4.98 Å². The molecule has 2 aromatic heterocycles. The highest BCUT2D eigenvalue weighted by atomic mass is 79.9. The van der Waals surface area contributed by atoms with Crippen LogP contribution in [0.5, 0.6) is 0 Å². The van der Waals surface area contributed by atoms with Crippen LogP contribution in [0.3, 0.4) is 0 Å². The first kappa shape index (κ1) is 30.0. The van der Waals surface area contributed by atoms with Gasteiger partial charge in [0, 0.05) is 35.8 Å². The van der Waals surface area contributed by atoms with Crippen molar-refractivity contribution in [1.29, 1.82) is 0 Å². The van der Waals surface area contributed by atoms with Gasteiger partial charge in [0.1, 0.15) is 6.54 Å². The van der Waals surface area contributed by atoms with Crippen molar-refractivity contribution < 1.29 is 4.57 Å². The summed E-state index contributed by atoms with van der Waals surface area (Å²) >= 11 is 3.52. The topological polar surface area (TPSA) is 16.8 Å². The Kier molecular flexibility index (Phi) is 18.9. The van der Waals surface area contributed by atoms with Crippen LogP contribution in [0.4, 0.5) is 0 Å². The van der Waals surface area contributed by atoms with E-state index in [1.165, 1.54) is 151 Å². The first-order valence-corrected chi connectivity index (χ1v) is 15.9. The van der Waals surface area contributed by atoms with E-state index in [1.807, 2.05) is 18.5 Å². The van der Waals surface area contributed by atoms with Gasteiger partial charge in [0.05, 0.1) is 0 Å². The lowest BCUT2D eigenvalue weighted by atomic mass is 10.0. The van der Waals surface area contributed by atoms with E-state index in [4.69, 9.17) is 0 Å². The van der Waals surface area contributed by atoms with Crippen LogP contribution >= 0.6 is 15.9 Å². The summed E-state index contributed by atoms with van der Waals surface area (Å²) in [5.74, 6) is 0. The summed E-state index contributed by atoms with van der Waals surface area (Å²) in [6.45, 7) is 1.18. The molecule has 0 fully saturated rings. The summed E-state index contributed by atoms with van der Waals surface area (Å²) in [5.41, 5.74) is 2.90. The third-order valence-corrected chi connectivity index (χ3v) is 7.68. The first-order chi connectivity index (χ1) is 17.4. The van der Waals surface area contributed by atoms with E-state index in [2.05, 4.69) is 56.1 Å². The lowest BCUT2D eigenvalue weighted by Crippen LogP contribution is -2.33. The smallest absolute Gasteiger partial charge is 0.171 e. The average molecular weight is 545 g/mol. The Bertz CT molecular complexity index is 719. The van der Waals surface area contributed by atoms with Gasteiger partial charge in [0.25, 0.3) is 0 Å². The third-order valence-electron chi connectivity index (χ3n) is 7.12. The van der Waals surface area contributed by atoms with Gasteiger partial charge in [-0.25, -0.2) is 4.57 Å². The van der Waals surface area contributed by atoms with Crippen LogP contribution in [0, 0.1) is 0 Å². The Morgan fingerprint density at radius 1 is 0.571 bits per heavy atom. The predicted molar refractivity (Wildman–Crippen MR) is 155 cm³/mol. The molecule has 3 heteroatoms. The van der Waals surface area contributed by atoms with Crippen molar-refractivity contribution in [3.05, 3.63) is 60.2 Å². The Balaban J connectivity index is 1.38. The lowest BCUT2D eigenvalue weighted by Gasteiger charge is -2.04. The van der Waals surface area contributed by atoms with Crippen LogP contribution in [0.25, 0.3) is 0 Å². The highest BCUT2D eigenvalue weighted by Gasteiger charge is 2.03. The van der Waals surface area contributed by atoms with E-state index >= 15 is 0 Å². The molecular weight excluding hydrogens is 492 g/mol. The van der Waals surface area contributed by atoms with Gasteiger partial charge in [-0.1, -0.05) is 105 Å². The molecule has 0 radical (unpaired) electrons. The standard InChI is InChI=1S/C32H52BrN2/c33-25-17-13-9-5-2-1-3-8-12-16-22-32-24-20-28-35(30-32)27-18-14-10-6-4-7-11-15-21-31-23-19-26-34-29-31/h19-20,23-24,26,28-30H,1-18,21-22,25,27H2/q+1. The van der Waals surface area contributed by atoms with E-state index in [1.54, 1.807) is 0 Å². The molecule has 2 rings (SSSR count). The minimum Gasteiger partial charge on any atom is -0.264 e. The van der Waals surface area contributed by atoms with E-state index in [0.717, 1.165) is 0 Å². The zero-order valence-corrected chi connectivity index (χ0v) is 24.0. The fraction of sp³-hybridized carbons (Fsp3) is 0.688. The SMILES string of the molecule is BrCCCCCCCCCCCCc1ccc[n+](CCCCCCCCCCc2cccnc2)c1. The van der Waals surface area contributed by atoms with Gasteiger partial charge in [-0.05, 0) is 56.2 Å². The number of aryl methyl sites for hydroxylation is 3. The van der Waals surface area contributed by atoms with E-state index in [0.29, 0.717) is 0 Å². The number of pyridine rings is 2. The Morgan fingerprint density at radius 2 is 1.09 bits per heavy atom. The van der Waals surface area contributed by atoms with Crippen LogP contribution in [-0.2, 0) is 19.4 Å². The molecule has 0 aliphatic rings. The largest absolute Gasteiger partial charge is 0.264 e. The number of alkyl halides is 1. The maximum atomic E-state index is 4.20. The molecule has 0 bridgehead atoms. The zero-order chi connectivity index (χ0) is 24.7. The summed E-state index contributed by atoms with van der Waals surface area (Å²) in [6.07, 6.45) is 35.9. The minimum atomic E-state index is 1.17. The molecule has 2 aromatic rings. The monoisotopic (exact) mass is 543 g/mol. The van der Waals surface area contributed by atoms with Gasteiger partial charge < -0.3 is 0 Å². The fourth-order valence-electron chi connectivity index (χ4n) is 4.93. The molecular formula is C32H52BrN2+. The van der Waals surface area contributed by atoms with Crippen molar-refractivity contribution >= 4 is 15.9 Å². The summed E-state index contributed by atoms with van der Waals surface area (Å²) in [6, 6.07) is 8.80. The van der Waals surface area contributed by atoms with Crippen molar-refractivity contribution in [2.75, 3.05) is 5.33 Å². The highest BCUT2D eigenvalue weighted by molar-refractivity contribution is 9.09. The normalized spacial score (nSPS) is 11.2. The van der Waals surface area contributed by atoms with Gasteiger partial charge in [-0.3, -0.25) is 4.98 Å². The van der Waals surface area contributed by atoms with Gasteiger partial charge >= 0.3 is 0 Å². The molecule has 0 amide bonds. The molecule has 35 heavy (non-hydrogen) atoms. The van der Waals surface area contributed by atoms with Gasteiger partial charge in [0.2, 0.25) is 0 Å². The van der Waals surface area contributed by atoms with Crippen molar-refractivity contribution in [3.8, 4) is 0 Å². The molecule has 0 N–H and O–H groups in total. The maximum Gasteiger partial charge on any atom is 0.171 e. The quantitative estimate of drug-likeness (QED) is 0.0773. The van der Waals surface area contributed by atoms with Crippen molar-refractivity contribution in [2.24, 2.45) is 0 Å². The molecule has 0 saturated heterocycles. The van der Waals surface area contributed by atoms with Crippen molar-refractivity contribution in [3.63, 3.8) is 0 Å². The second-order valence-electron chi connectivity index (χ2n) is 10.4. The van der Waals surface area contributed by atoms with E-state index < -0.39 is 0 Å². The number of unbranched alkanes of at least 4 members (excludes halogenated alkanes) is 16. The lowest BCUT2D eigenvalue weighted by molar-refractivity contribution is -0.697. The van der Waals surface area contributed by atoms with E-state index in [9.17, 15) is 0 Å². The molecule has 0 spiro atoms. The second-order valence-corrected chi connectivity index (χ2v) is 11.2. The number of nitrogens with zero attached hydrogens (tertiary/aromatic N) is 2. The van der Waals surface area contributed by atoms with Crippen LogP contribution in [0.15, 0.2) is 49.1 Å². The van der Waals surface area contributed by atoms with Gasteiger partial charge in [-0.2, -0.15) is 0 Å². The minimum absolute atomic E-state index is 1.17. The second kappa shape index (κ2) is 22.0. The number of aromatic nitrogens is 2. The van der Waals surface area contributed by atoms with Crippen molar-refractivity contribution in [2.45, 2.75) is 135 Å². The number of rotatable bonds is 23. The Labute approximate surface area is 225 Å². The molecule has 0 aromatic carbocycles. The summed E-state index contributed by atoms with van der Waals surface area (Å²) in [7, 11) is 0. The predicted octanol–water partition coefficient (Wildman–Crippen LogP) is 9.57. The van der Waals surface area contributed by atoms with Gasteiger partial charge in [0.15, 0.2) is 12.4 Å². The summed E-state index contributed by atoms with van der Waals surface area (Å²) in [4.78, 5) is 4.20. The first-order valence-electron chi connectivity index (χ1n) is 14.8. The van der Waals surface area contributed by atoms with Crippen LogP contribution in [-0.4, -0.2) is 10.3 Å². The van der Waals surface area contributed by atoms with Crippen LogP contribution in [0.2, 0.25) is 0 Å². The zero-order valence-electron chi connectivity index (χ0n) is 22.4. The average Bonchev–Trinajstić information content (AvgIpc) is 2.89. The molecule has 0 unspecified atom stereocenters. The molecule has 196 valence electrons. The molecule has 2 heterocycles. The van der Waals surface area contributed by atoms with Crippen LogP contribution in [0.1, 0.15) is 127 Å². The molecule has 0 saturated carbocycles. The molecule has 0 aliphatic heterocycles. The fourth-order valence-corrected chi connectivity index (χ4v) is 5.33. The number of halogens is 1. The summed E-state index contributed by atoms with van der Waals surface area (Å²) in [5, 5.41) is 1.17. The Hall–Kier alpha value is -1.22. The molecule has 0 atom stereocenters.